The Bertz CT molecular complexity index is 185. The molecule has 0 spiro atoms. The maximum atomic E-state index is 12.5. The van der Waals surface area contributed by atoms with E-state index < -0.39 is 19.3 Å². The Labute approximate surface area is 110 Å². The minimum Gasteiger partial charge on any atom is -0.384 e. The molecule has 0 aliphatic rings. The predicted octanol–water partition coefficient (Wildman–Crippen LogP) is 3.50. The monoisotopic (exact) mass is 266 g/mol. The molecule has 0 radical (unpaired) electrons. The van der Waals surface area contributed by atoms with E-state index in [-0.39, 0.29) is 5.92 Å². The van der Waals surface area contributed by atoms with Crippen LogP contribution in [0, 0.1) is 23.7 Å². The van der Waals surface area contributed by atoms with Gasteiger partial charge >= 0.3 is 0 Å². The summed E-state index contributed by atoms with van der Waals surface area (Å²) in [6.07, 6.45) is 0.705. The Kier molecular flexibility index (Phi) is 10.5. The van der Waals surface area contributed by atoms with E-state index in [0.717, 1.165) is 0 Å². The van der Waals surface area contributed by atoms with E-state index in [2.05, 4.69) is 13.8 Å². The Hall–Kier alpha value is -0.220. The van der Waals surface area contributed by atoms with Crippen molar-refractivity contribution < 1.29 is 18.3 Å². The molecule has 0 N–H and O–H groups in total. The lowest BCUT2D eigenvalue weighted by Gasteiger charge is -2.21. The number of alkyl halides is 2. The van der Waals surface area contributed by atoms with Gasteiger partial charge in [-0.3, -0.25) is 8.78 Å². The largest absolute Gasteiger partial charge is 0.384 e. The summed E-state index contributed by atoms with van der Waals surface area (Å²) in [5.41, 5.74) is 0. The average molecular weight is 266 g/mol. The van der Waals surface area contributed by atoms with E-state index in [9.17, 15) is 8.78 Å². The third-order valence-corrected chi connectivity index (χ3v) is 3.57. The van der Waals surface area contributed by atoms with Crippen LogP contribution in [0.15, 0.2) is 0 Å². The highest BCUT2D eigenvalue weighted by molar-refractivity contribution is 4.65. The molecule has 2 unspecified atom stereocenters. The Morgan fingerprint density at radius 3 is 2.00 bits per heavy atom. The average Bonchev–Trinajstić information content (AvgIpc) is 2.34. The summed E-state index contributed by atoms with van der Waals surface area (Å²) in [7, 11) is 1.69. The van der Waals surface area contributed by atoms with Crippen molar-refractivity contribution in [2.45, 2.75) is 27.2 Å². The molecule has 0 amide bonds. The zero-order valence-electron chi connectivity index (χ0n) is 12.1. The molecule has 0 rings (SSSR count). The molecule has 0 aromatic heterocycles. The van der Waals surface area contributed by atoms with Gasteiger partial charge in [0.05, 0.1) is 26.6 Å². The molecule has 110 valence electrons. The first-order chi connectivity index (χ1) is 8.56. The van der Waals surface area contributed by atoms with Crippen LogP contribution in [0.2, 0.25) is 0 Å². The topological polar surface area (TPSA) is 18.5 Å². The van der Waals surface area contributed by atoms with Crippen LogP contribution in [0.5, 0.6) is 0 Å². The lowest BCUT2D eigenvalue weighted by molar-refractivity contribution is 0.0305. The van der Waals surface area contributed by atoms with Gasteiger partial charge in [0, 0.05) is 25.6 Å². The molecule has 0 aromatic carbocycles. The zero-order valence-corrected chi connectivity index (χ0v) is 12.1. The highest BCUT2D eigenvalue weighted by Gasteiger charge is 2.18. The first kappa shape index (κ1) is 17.8. The van der Waals surface area contributed by atoms with Crippen molar-refractivity contribution in [1.29, 1.82) is 0 Å². The van der Waals surface area contributed by atoms with E-state index >= 15 is 0 Å². The van der Waals surface area contributed by atoms with Gasteiger partial charge in [0.2, 0.25) is 0 Å². The van der Waals surface area contributed by atoms with Crippen molar-refractivity contribution in [3.05, 3.63) is 0 Å². The number of hydrogen-bond donors (Lipinski definition) is 0. The van der Waals surface area contributed by atoms with E-state index in [1.54, 1.807) is 7.11 Å². The first-order valence-electron chi connectivity index (χ1n) is 6.75. The number of ether oxygens (including phenoxy) is 2. The van der Waals surface area contributed by atoms with Gasteiger partial charge < -0.3 is 9.47 Å². The number of methoxy groups -OCH3 is 1. The highest BCUT2D eigenvalue weighted by atomic mass is 19.1. The van der Waals surface area contributed by atoms with E-state index in [1.165, 1.54) is 0 Å². The molecule has 0 aliphatic carbocycles. The van der Waals surface area contributed by atoms with E-state index in [1.807, 2.05) is 6.92 Å². The molecular formula is C14H28F2O2. The SMILES string of the molecule is COCC(COCCC(C)C(CF)CF)C(C)C. The molecular weight excluding hydrogens is 238 g/mol. The Morgan fingerprint density at radius 1 is 0.944 bits per heavy atom. The number of hydrogen-bond acceptors (Lipinski definition) is 2. The van der Waals surface area contributed by atoms with Gasteiger partial charge in [0.1, 0.15) is 0 Å². The van der Waals surface area contributed by atoms with Gasteiger partial charge in [-0.2, -0.15) is 0 Å². The van der Waals surface area contributed by atoms with Crippen molar-refractivity contribution in [3.8, 4) is 0 Å². The molecule has 0 saturated carbocycles. The van der Waals surface area contributed by atoms with Crippen molar-refractivity contribution in [1.82, 2.24) is 0 Å². The molecule has 2 atom stereocenters. The maximum Gasteiger partial charge on any atom is 0.0950 e. The van der Waals surface area contributed by atoms with Crippen LogP contribution in [0.3, 0.4) is 0 Å². The van der Waals surface area contributed by atoms with Crippen molar-refractivity contribution in [2.75, 3.05) is 40.3 Å². The third-order valence-electron chi connectivity index (χ3n) is 3.57. The van der Waals surface area contributed by atoms with Crippen molar-refractivity contribution in [2.24, 2.45) is 23.7 Å². The molecule has 0 bridgehead atoms. The summed E-state index contributed by atoms with van der Waals surface area (Å²) in [4.78, 5) is 0. The van der Waals surface area contributed by atoms with Crippen LogP contribution in [-0.2, 0) is 9.47 Å². The number of halogens is 2. The summed E-state index contributed by atoms with van der Waals surface area (Å²) < 4.78 is 35.6. The lowest BCUT2D eigenvalue weighted by Crippen LogP contribution is -2.23. The van der Waals surface area contributed by atoms with Gasteiger partial charge in [-0.15, -0.1) is 0 Å². The molecule has 2 nitrogen and oxygen atoms in total. The van der Waals surface area contributed by atoms with E-state index in [0.29, 0.717) is 38.1 Å². The minimum atomic E-state index is -0.587. The quantitative estimate of drug-likeness (QED) is 0.533. The summed E-state index contributed by atoms with van der Waals surface area (Å²) in [5.74, 6) is 0.434. The molecule has 0 heterocycles. The molecule has 0 saturated heterocycles. The summed E-state index contributed by atoms with van der Waals surface area (Å²) in [6.45, 7) is 6.87. The van der Waals surface area contributed by atoms with Crippen LogP contribution in [-0.4, -0.2) is 40.3 Å². The molecule has 0 aliphatic heterocycles. The van der Waals surface area contributed by atoms with Gasteiger partial charge in [-0.25, -0.2) is 0 Å². The highest BCUT2D eigenvalue weighted by Crippen LogP contribution is 2.18. The third kappa shape index (κ3) is 7.27. The molecule has 0 fully saturated rings. The fourth-order valence-corrected chi connectivity index (χ4v) is 1.73. The van der Waals surface area contributed by atoms with Crippen LogP contribution in [0.25, 0.3) is 0 Å². The van der Waals surface area contributed by atoms with Gasteiger partial charge in [0.15, 0.2) is 0 Å². The molecule has 18 heavy (non-hydrogen) atoms. The van der Waals surface area contributed by atoms with Gasteiger partial charge in [0.25, 0.3) is 0 Å². The standard InChI is InChI=1S/C14H28F2O2/c1-11(2)14(9-17-4)10-18-6-5-12(3)13(7-15)8-16/h11-14H,5-10H2,1-4H3. The summed E-state index contributed by atoms with van der Waals surface area (Å²) >= 11 is 0. The Morgan fingerprint density at radius 2 is 1.56 bits per heavy atom. The summed E-state index contributed by atoms with van der Waals surface area (Å²) in [6, 6.07) is 0. The second-order valence-corrected chi connectivity index (χ2v) is 5.37. The molecule has 4 heteroatoms. The fraction of sp³-hybridized carbons (Fsp3) is 1.00. The van der Waals surface area contributed by atoms with Crippen LogP contribution < -0.4 is 0 Å². The molecule has 0 aromatic rings. The second kappa shape index (κ2) is 10.7. The van der Waals surface area contributed by atoms with Crippen LogP contribution >= 0.6 is 0 Å². The number of rotatable bonds is 11. The van der Waals surface area contributed by atoms with Gasteiger partial charge in [-0.1, -0.05) is 20.8 Å². The van der Waals surface area contributed by atoms with Crippen LogP contribution in [0.4, 0.5) is 8.78 Å². The maximum absolute atomic E-state index is 12.5. The zero-order chi connectivity index (χ0) is 14.0. The lowest BCUT2D eigenvalue weighted by atomic mass is 9.94. The predicted molar refractivity (Wildman–Crippen MR) is 70.2 cm³/mol. The smallest absolute Gasteiger partial charge is 0.0950 e. The summed E-state index contributed by atoms with van der Waals surface area (Å²) in [5, 5.41) is 0. The minimum absolute atomic E-state index is 0.0277. The first-order valence-corrected chi connectivity index (χ1v) is 6.75. The van der Waals surface area contributed by atoms with Gasteiger partial charge in [-0.05, 0) is 18.3 Å². The van der Waals surface area contributed by atoms with Crippen molar-refractivity contribution >= 4 is 0 Å². The normalized spacial score (nSPS) is 15.3. The van der Waals surface area contributed by atoms with E-state index in [4.69, 9.17) is 9.47 Å². The van der Waals surface area contributed by atoms with Crippen molar-refractivity contribution in [3.63, 3.8) is 0 Å². The second-order valence-electron chi connectivity index (χ2n) is 5.37. The Balaban J connectivity index is 3.76. The van der Waals surface area contributed by atoms with Crippen LogP contribution in [0.1, 0.15) is 27.2 Å². The fourth-order valence-electron chi connectivity index (χ4n) is 1.73.